The fourth-order valence-electron chi connectivity index (χ4n) is 3.04. The van der Waals surface area contributed by atoms with E-state index in [1.807, 2.05) is 39.0 Å². The fourth-order valence-corrected chi connectivity index (χ4v) is 3.04. The molecule has 0 aromatic heterocycles. The van der Waals surface area contributed by atoms with Crippen LogP contribution in [-0.4, -0.2) is 47.4 Å². The number of hydrogen-bond donors (Lipinski definition) is 2. The van der Waals surface area contributed by atoms with E-state index in [2.05, 4.69) is 17.4 Å². The molecule has 1 heterocycles. The lowest BCUT2D eigenvalue weighted by atomic mass is 9.89. The topological polar surface area (TPSA) is 61.8 Å². The summed E-state index contributed by atoms with van der Waals surface area (Å²) < 4.78 is 5.43. The highest BCUT2D eigenvalue weighted by Crippen LogP contribution is 2.22. The van der Waals surface area contributed by atoms with Crippen LogP contribution in [0.2, 0.25) is 0 Å². The zero-order valence-corrected chi connectivity index (χ0v) is 15.0. The van der Waals surface area contributed by atoms with Crippen LogP contribution in [0, 0.1) is 5.92 Å². The Bertz CT molecular complexity index is 505. The molecule has 1 unspecified atom stereocenters. The van der Waals surface area contributed by atoms with Gasteiger partial charge in [-0.25, -0.2) is 4.79 Å². The highest BCUT2D eigenvalue weighted by atomic mass is 16.6. The average molecular weight is 334 g/mol. The lowest BCUT2D eigenvalue weighted by Gasteiger charge is -2.36. The minimum atomic E-state index is -0.460. The molecule has 1 amide bonds. The van der Waals surface area contributed by atoms with Gasteiger partial charge in [0.1, 0.15) is 5.60 Å². The highest BCUT2D eigenvalue weighted by molar-refractivity contribution is 5.68. The summed E-state index contributed by atoms with van der Waals surface area (Å²) in [4.78, 5) is 13.9. The van der Waals surface area contributed by atoms with Crippen molar-refractivity contribution < 1.29 is 14.6 Å². The lowest BCUT2D eigenvalue weighted by molar-refractivity contribution is 0.0157. The number of likely N-dealkylation sites (tertiary alicyclic amines) is 1. The van der Waals surface area contributed by atoms with Crippen LogP contribution in [0.1, 0.15) is 39.2 Å². The molecular weight excluding hydrogens is 304 g/mol. The molecule has 5 heteroatoms. The quantitative estimate of drug-likeness (QED) is 0.869. The smallest absolute Gasteiger partial charge is 0.410 e. The van der Waals surface area contributed by atoms with E-state index in [1.165, 1.54) is 5.56 Å². The van der Waals surface area contributed by atoms with Crippen molar-refractivity contribution >= 4 is 6.09 Å². The summed E-state index contributed by atoms with van der Waals surface area (Å²) in [6.07, 6.45) is 1.53. The minimum absolute atomic E-state index is 0.0611. The van der Waals surface area contributed by atoms with E-state index >= 15 is 0 Å². The normalized spacial score (nSPS) is 17.6. The Morgan fingerprint density at radius 1 is 1.29 bits per heavy atom. The van der Waals surface area contributed by atoms with Gasteiger partial charge in [0.15, 0.2) is 0 Å². The number of ether oxygens (including phenoxy) is 1. The maximum atomic E-state index is 12.1. The number of aliphatic hydroxyl groups excluding tert-OH is 1. The van der Waals surface area contributed by atoms with Crippen LogP contribution in [-0.2, 0) is 11.3 Å². The van der Waals surface area contributed by atoms with Gasteiger partial charge in [-0.1, -0.05) is 30.3 Å². The number of carbonyl (C=O) groups excluding carboxylic acids is 1. The SMILES string of the molecule is CC(C)(C)OC(=O)N1CCC(C(CO)NCc2ccccc2)CC1. The number of amides is 1. The number of carbonyl (C=O) groups is 1. The van der Waals surface area contributed by atoms with Crippen molar-refractivity contribution in [1.29, 1.82) is 0 Å². The summed E-state index contributed by atoms with van der Waals surface area (Å²) in [5, 5.41) is 13.2. The van der Waals surface area contributed by atoms with Gasteiger partial charge in [0, 0.05) is 25.7 Å². The maximum Gasteiger partial charge on any atom is 0.410 e. The van der Waals surface area contributed by atoms with E-state index in [4.69, 9.17) is 4.74 Å². The molecule has 24 heavy (non-hydrogen) atoms. The van der Waals surface area contributed by atoms with Crippen LogP contribution in [0.3, 0.4) is 0 Å². The van der Waals surface area contributed by atoms with E-state index < -0.39 is 5.60 Å². The van der Waals surface area contributed by atoms with Gasteiger partial charge in [0.05, 0.1) is 6.61 Å². The largest absolute Gasteiger partial charge is 0.444 e. The summed E-state index contributed by atoms with van der Waals surface area (Å²) in [6.45, 7) is 7.88. The molecule has 1 aliphatic rings. The molecule has 1 saturated heterocycles. The standard InChI is InChI=1S/C19H30N2O3/c1-19(2,3)24-18(23)21-11-9-16(10-12-21)17(14-22)20-13-15-7-5-4-6-8-15/h4-8,16-17,20,22H,9-14H2,1-3H3. The van der Waals surface area contributed by atoms with Crippen molar-refractivity contribution in [2.24, 2.45) is 5.92 Å². The van der Waals surface area contributed by atoms with Crippen molar-refractivity contribution in [1.82, 2.24) is 10.2 Å². The zero-order chi connectivity index (χ0) is 17.6. The van der Waals surface area contributed by atoms with Crippen molar-refractivity contribution in [3.8, 4) is 0 Å². The Morgan fingerprint density at radius 2 is 1.92 bits per heavy atom. The monoisotopic (exact) mass is 334 g/mol. The zero-order valence-electron chi connectivity index (χ0n) is 15.0. The van der Waals surface area contributed by atoms with E-state index in [9.17, 15) is 9.90 Å². The van der Waals surface area contributed by atoms with Crippen LogP contribution < -0.4 is 5.32 Å². The van der Waals surface area contributed by atoms with Gasteiger partial charge in [0.2, 0.25) is 0 Å². The highest BCUT2D eigenvalue weighted by Gasteiger charge is 2.30. The number of hydrogen-bond acceptors (Lipinski definition) is 4. The van der Waals surface area contributed by atoms with Crippen LogP contribution in [0.5, 0.6) is 0 Å². The summed E-state index contributed by atoms with van der Waals surface area (Å²) in [5.41, 5.74) is 0.751. The maximum absolute atomic E-state index is 12.1. The summed E-state index contributed by atoms with van der Waals surface area (Å²) in [7, 11) is 0. The minimum Gasteiger partial charge on any atom is -0.444 e. The molecule has 0 saturated carbocycles. The van der Waals surface area contributed by atoms with Gasteiger partial charge in [-0.3, -0.25) is 0 Å². The molecule has 0 spiro atoms. The van der Waals surface area contributed by atoms with Crippen LogP contribution in [0.25, 0.3) is 0 Å². The molecule has 0 radical (unpaired) electrons. The molecule has 1 aromatic carbocycles. The first-order valence-electron chi connectivity index (χ1n) is 8.75. The predicted molar refractivity (Wildman–Crippen MR) is 94.7 cm³/mol. The third kappa shape index (κ3) is 5.80. The first kappa shape index (κ1) is 18.7. The van der Waals surface area contributed by atoms with Crippen LogP contribution in [0.4, 0.5) is 4.79 Å². The molecule has 134 valence electrons. The van der Waals surface area contributed by atoms with Crippen molar-refractivity contribution in [3.63, 3.8) is 0 Å². The molecule has 0 bridgehead atoms. The number of rotatable bonds is 5. The Labute approximate surface area is 145 Å². The third-order valence-electron chi connectivity index (χ3n) is 4.37. The van der Waals surface area contributed by atoms with Gasteiger partial charge in [-0.15, -0.1) is 0 Å². The number of nitrogens with zero attached hydrogens (tertiary/aromatic N) is 1. The molecule has 1 atom stereocenters. The van der Waals surface area contributed by atoms with Crippen LogP contribution in [0.15, 0.2) is 30.3 Å². The molecule has 2 rings (SSSR count). The van der Waals surface area contributed by atoms with Crippen molar-refractivity contribution in [2.75, 3.05) is 19.7 Å². The molecule has 5 nitrogen and oxygen atoms in total. The van der Waals surface area contributed by atoms with E-state index in [1.54, 1.807) is 4.90 Å². The van der Waals surface area contributed by atoms with Crippen molar-refractivity contribution in [3.05, 3.63) is 35.9 Å². The Kier molecular flexibility index (Phi) is 6.63. The number of piperidine rings is 1. The predicted octanol–water partition coefficient (Wildman–Crippen LogP) is 2.78. The molecule has 2 N–H and O–H groups in total. The van der Waals surface area contributed by atoms with Gasteiger partial charge in [0.25, 0.3) is 0 Å². The summed E-state index contributed by atoms with van der Waals surface area (Å²) in [5.74, 6) is 0.373. The van der Waals surface area contributed by atoms with Crippen molar-refractivity contribution in [2.45, 2.75) is 51.8 Å². The lowest BCUT2D eigenvalue weighted by Crippen LogP contribution is -2.47. The second-order valence-electron chi connectivity index (χ2n) is 7.46. The van der Waals surface area contributed by atoms with E-state index in [0.29, 0.717) is 19.0 Å². The summed E-state index contributed by atoms with van der Waals surface area (Å²) >= 11 is 0. The average Bonchev–Trinajstić information content (AvgIpc) is 2.55. The molecule has 1 aromatic rings. The van der Waals surface area contributed by atoms with Gasteiger partial charge >= 0.3 is 6.09 Å². The number of benzene rings is 1. The number of aliphatic hydroxyl groups is 1. The van der Waals surface area contributed by atoms with E-state index in [0.717, 1.165) is 19.4 Å². The Morgan fingerprint density at radius 3 is 2.46 bits per heavy atom. The summed E-state index contributed by atoms with van der Waals surface area (Å²) in [6, 6.07) is 10.2. The third-order valence-corrected chi connectivity index (χ3v) is 4.37. The fraction of sp³-hybridized carbons (Fsp3) is 0.632. The van der Waals surface area contributed by atoms with Gasteiger partial charge < -0.3 is 20.1 Å². The van der Waals surface area contributed by atoms with Gasteiger partial charge in [-0.05, 0) is 45.1 Å². The molecule has 0 aliphatic carbocycles. The van der Waals surface area contributed by atoms with E-state index in [-0.39, 0.29) is 18.7 Å². The Hall–Kier alpha value is -1.59. The first-order valence-corrected chi connectivity index (χ1v) is 8.75. The molecular formula is C19H30N2O3. The molecule has 1 aliphatic heterocycles. The second-order valence-corrected chi connectivity index (χ2v) is 7.46. The number of nitrogens with one attached hydrogen (secondary N) is 1. The second kappa shape index (κ2) is 8.49. The molecule has 1 fully saturated rings. The Balaban J connectivity index is 1.80. The van der Waals surface area contributed by atoms with Crippen LogP contribution >= 0.6 is 0 Å². The first-order chi connectivity index (χ1) is 11.4. The van der Waals surface area contributed by atoms with Gasteiger partial charge in [-0.2, -0.15) is 0 Å².